The number of imidazole rings is 1. The third kappa shape index (κ3) is 3.59. The van der Waals surface area contributed by atoms with Crippen LogP contribution in [0, 0.1) is 12.8 Å². The normalized spacial score (nSPS) is 10.9. The van der Waals surface area contributed by atoms with Gasteiger partial charge in [-0.15, -0.1) is 0 Å². The van der Waals surface area contributed by atoms with Gasteiger partial charge in [0, 0.05) is 18.4 Å². The van der Waals surface area contributed by atoms with Crippen LogP contribution in [-0.2, 0) is 0 Å². The minimum Gasteiger partial charge on any atom is -0.349 e. The molecule has 0 saturated carbocycles. The molecule has 2 N–H and O–H groups in total. The first-order valence-electron chi connectivity index (χ1n) is 8.59. The van der Waals surface area contributed by atoms with Crippen molar-refractivity contribution < 1.29 is 9.59 Å². The topological polar surface area (TPSA) is 75.5 Å². The standard InChI is InChI=1S/C20H22N4O2/c1-13(2)12-21-20(26)18-23-17(16-10-6-7-11-24(16)18)19(25)22-15-9-5-4-8-14(15)3/h4-11,13H,12H2,1-3H3,(H,21,26)(H,22,25). The number of hydrogen-bond acceptors (Lipinski definition) is 3. The fourth-order valence-electron chi connectivity index (χ4n) is 2.64. The maximum absolute atomic E-state index is 12.8. The largest absolute Gasteiger partial charge is 0.349 e. The van der Waals surface area contributed by atoms with Crippen LogP contribution in [0.15, 0.2) is 48.7 Å². The molecule has 0 aliphatic rings. The number of anilines is 1. The Kier molecular flexibility index (Phi) is 5.02. The molecular weight excluding hydrogens is 328 g/mol. The summed E-state index contributed by atoms with van der Waals surface area (Å²) in [6, 6.07) is 12.9. The van der Waals surface area contributed by atoms with E-state index in [1.54, 1.807) is 22.7 Å². The van der Waals surface area contributed by atoms with E-state index < -0.39 is 0 Å². The molecule has 2 heterocycles. The van der Waals surface area contributed by atoms with Crippen LogP contribution in [0.5, 0.6) is 0 Å². The van der Waals surface area contributed by atoms with Gasteiger partial charge >= 0.3 is 0 Å². The Bertz CT molecular complexity index is 959. The molecular formula is C20H22N4O2. The highest BCUT2D eigenvalue weighted by Crippen LogP contribution is 2.18. The van der Waals surface area contributed by atoms with E-state index in [4.69, 9.17) is 0 Å². The van der Waals surface area contributed by atoms with Crippen LogP contribution in [0.25, 0.3) is 5.52 Å². The summed E-state index contributed by atoms with van der Waals surface area (Å²) in [5.74, 6) is -0.106. The monoisotopic (exact) mass is 350 g/mol. The van der Waals surface area contributed by atoms with Crippen molar-refractivity contribution in [3.05, 3.63) is 65.7 Å². The second-order valence-electron chi connectivity index (χ2n) is 6.61. The molecule has 0 aliphatic heterocycles. The highest BCUT2D eigenvalue weighted by atomic mass is 16.2. The van der Waals surface area contributed by atoms with Gasteiger partial charge in [0.2, 0.25) is 5.82 Å². The highest BCUT2D eigenvalue weighted by molar-refractivity contribution is 6.09. The zero-order valence-electron chi connectivity index (χ0n) is 15.1. The zero-order valence-corrected chi connectivity index (χ0v) is 15.1. The molecule has 26 heavy (non-hydrogen) atoms. The maximum atomic E-state index is 12.8. The second-order valence-corrected chi connectivity index (χ2v) is 6.61. The number of carbonyl (C=O) groups excluding carboxylic acids is 2. The molecule has 3 rings (SSSR count). The Labute approximate surface area is 152 Å². The molecule has 0 aliphatic carbocycles. The summed E-state index contributed by atoms with van der Waals surface area (Å²) in [5, 5.41) is 5.72. The molecule has 6 nitrogen and oxygen atoms in total. The number of para-hydroxylation sites is 1. The zero-order chi connectivity index (χ0) is 18.7. The molecule has 134 valence electrons. The van der Waals surface area contributed by atoms with E-state index in [2.05, 4.69) is 15.6 Å². The van der Waals surface area contributed by atoms with Crippen molar-refractivity contribution in [2.75, 3.05) is 11.9 Å². The lowest BCUT2D eigenvalue weighted by atomic mass is 10.2. The Hall–Kier alpha value is -3.15. The number of nitrogens with one attached hydrogen (secondary N) is 2. The number of aryl methyl sites for hydroxylation is 1. The Morgan fingerprint density at radius 3 is 2.54 bits per heavy atom. The van der Waals surface area contributed by atoms with Crippen molar-refractivity contribution in [3.8, 4) is 0 Å². The number of nitrogens with zero attached hydrogens (tertiary/aromatic N) is 2. The van der Waals surface area contributed by atoms with Crippen LogP contribution >= 0.6 is 0 Å². The van der Waals surface area contributed by atoms with Crippen LogP contribution in [0.3, 0.4) is 0 Å². The third-order valence-corrected chi connectivity index (χ3v) is 4.03. The fourth-order valence-corrected chi connectivity index (χ4v) is 2.64. The van der Waals surface area contributed by atoms with Gasteiger partial charge in [0.05, 0.1) is 5.52 Å². The van der Waals surface area contributed by atoms with E-state index in [0.29, 0.717) is 18.0 Å². The maximum Gasteiger partial charge on any atom is 0.287 e. The van der Waals surface area contributed by atoms with Gasteiger partial charge in [0.1, 0.15) is 0 Å². The minimum atomic E-state index is -0.342. The van der Waals surface area contributed by atoms with E-state index in [9.17, 15) is 9.59 Å². The quantitative estimate of drug-likeness (QED) is 0.741. The van der Waals surface area contributed by atoms with Gasteiger partial charge in [0.15, 0.2) is 5.69 Å². The van der Waals surface area contributed by atoms with E-state index in [1.807, 2.05) is 51.1 Å². The summed E-state index contributed by atoms with van der Waals surface area (Å²) >= 11 is 0. The van der Waals surface area contributed by atoms with Crippen molar-refractivity contribution in [2.24, 2.45) is 5.92 Å². The summed E-state index contributed by atoms with van der Waals surface area (Å²) in [7, 11) is 0. The van der Waals surface area contributed by atoms with E-state index in [0.717, 1.165) is 11.3 Å². The number of pyridine rings is 1. The lowest BCUT2D eigenvalue weighted by Crippen LogP contribution is -2.29. The van der Waals surface area contributed by atoms with Gasteiger partial charge in [-0.25, -0.2) is 4.98 Å². The second kappa shape index (κ2) is 7.39. The van der Waals surface area contributed by atoms with Gasteiger partial charge in [-0.1, -0.05) is 38.1 Å². The van der Waals surface area contributed by atoms with Crippen LogP contribution < -0.4 is 10.6 Å². The summed E-state index contributed by atoms with van der Waals surface area (Å²) in [5.41, 5.74) is 2.50. The van der Waals surface area contributed by atoms with E-state index in [1.165, 1.54) is 0 Å². The number of carbonyl (C=O) groups is 2. The molecule has 0 atom stereocenters. The average Bonchev–Trinajstić information content (AvgIpc) is 3.01. The van der Waals surface area contributed by atoms with E-state index in [-0.39, 0.29) is 23.3 Å². The minimum absolute atomic E-state index is 0.205. The number of amides is 2. The van der Waals surface area contributed by atoms with Crippen molar-refractivity contribution in [1.29, 1.82) is 0 Å². The lowest BCUT2D eigenvalue weighted by Gasteiger charge is -2.06. The average molecular weight is 350 g/mol. The van der Waals surface area contributed by atoms with Crippen molar-refractivity contribution >= 4 is 23.0 Å². The number of hydrogen-bond donors (Lipinski definition) is 2. The molecule has 0 bridgehead atoms. The summed E-state index contributed by atoms with van der Waals surface area (Å²) < 4.78 is 1.64. The van der Waals surface area contributed by atoms with Crippen molar-refractivity contribution in [3.63, 3.8) is 0 Å². The van der Waals surface area contributed by atoms with E-state index >= 15 is 0 Å². The molecule has 0 spiro atoms. The van der Waals surface area contributed by atoms with Gasteiger partial charge in [0.25, 0.3) is 11.8 Å². The molecule has 0 radical (unpaired) electrons. The SMILES string of the molecule is Cc1ccccc1NC(=O)c1nc(C(=O)NCC(C)C)n2ccccc12. The van der Waals surface area contributed by atoms with Gasteiger partial charge in [-0.05, 0) is 36.6 Å². The summed E-state index contributed by atoms with van der Waals surface area (Å²) in [4.78, 5) is 29.6. The van der Waals surface area contributed by atoms with Crippen LogP contribution in [0.1, 0.15) is 40.5 Å². The molecule has 0 fully saturated rings. The van der Waals surface area contributed by atoms with Crippen LogP contribution in [-0.4, -0.2) is 27.7 Å². The smallest absolute Gasteiger partial charge is 0.287 e. The first-order valence-corrected chi connectivity index (χ1v) is 8.59. The highest BCUT2D eigenvalue weighted by Gasteiger charge is 2.21. The molecule has 0 unspecified atom stereocenters. The first kappa shape index (κ1) is 17.7. The van der Waals surface area contributed by atoms with Gasteiger partial charge < -0.3 is 10.6 Å². The lowest BCUT2D eigenvalue weighted by molar-refractivity contribution is 0.0938. The van der Waals surface area contributed by atoms with Crippen LogP contribution in [0.2, 0.25) is 0 Å². The predicted octanol–water partition coefficient (Wildman–Crippen LogP) is 3.28. The third-order valence-electron chi connectivity index (χ3n) is 4.03. The fraction of sp³-hybridized carbons (Fsp3) is 0.250. The molecule has 2 aromatic heterocycles. The molecule has 6 heteroatoms. The van der Waals surface area contributed by atoms with Crippen LogP contribution in [0.4, 0.5) is 5.69 Å². The molecule has 0 saturated heterocycles. The molecule has 1 aromatic carbocycles. The number of benzene rings is 1. The Morgan fingerprint density at radius 1 is 1.08 bits per heavy atom. The molecule has 2 amide bonds. The van der Waals surface area contributed by atoms with Crippen molar-refractivity contribution in [2.45, 2.75) is 20.8 Å². The molecule has 3 aromatic rings. The first-order chi connectivity index (χ1) is 12.5. The summed E-state index contributed by atoms with van der Waals surface area (Å²) in [6.45, 7) is 6.51. The predicted molar refractivity (Wildman–Crippen MR) is 101 cm³/mol. The Balaban J connectivity index is 1.95. The number of fused-ring (bicyclic) bond motifs is 1. The van der Waals surface area contributed by atoms with Crippen molar-refractivity contribution in [1.82, 2.24) is 14.7 Å². The van der Waals surface area contributed by atoms with Gasteiger partial charge in [-0.3, -0.25) is 14.0 Å². The van der Waals surface area contributed by atoms with Gasteiger partial charge in [-0.2, -0.15) is 0 Å². The Morgan fingerprint density at radius 2 is 1.81 bits per heavy atom. The summed E-state index contributed by atoms with van der Waals surface area (Å²) in [6.07, 6.45) is 1.73. The number of rotatable bonds is 5. The number of aromatic nitrogens is 2.